The summed E-state index contributed by atoms with van der Waals surface area (Å²) >= 11 is 15.3. The molecule has 104 valence electrons. The van der Waals surface area contributed by atoms with Crippen LogP contribution in [0.5, 0.6) is 5.75 Å². The standard InChI is InChI=1S/C13H8BrCl2NO3/c14-8-4-5-11(16)13(6-8)20-7-9-10(15)2-1-3-12(9)17(18)19/h1-6H,7H2. The smallest absolute Gasteiger partial charge is 0.277 e. The summed E-state index contributed by atoms with van der Waals surface area (Å²) in [5.41, 5.74) is 0.235. The molecule has 7 heteroatoms. The van der Waals surface area contributed by atoms with Gasteiger partial charge in [-0.2, -0.15) is 0 Å². The van der Waals surface area contributed by atoms with Crippen molar-refractivity contribution >= 4 is 44.8 Å². The number of nitrogens with zero attached hydrogens (tertiary/aromatic N) is 1. The van der Waals surface area contributed by atoms with Crippen LogP contribution in [0, 0.1) is 10.1 Å². The van der Waals surface area contributed by atoms with Crippen LogP contribution in [0.25, 0.3) is 0 Å². The minimum Gasteiger partial charge on any atom is -0.487 e. The Labute approximate surface area is 133 Å². The molecule has 4 nitrogen and oxygen atoms in total. The van der Waals surface area contributed by atoms with E-state index in [2.05, 4.69) is 15.9 Å². The summed E-state index contributed by atoms with van der Waals surface area (Å²) in [6.45, 7) is -0.0356. The van der Waals surface area contributed by atoms with Crippen molar-refractivity contribution in [3.05, 3.63) is 66.6 Å². The van der Waals surface area contributed by atoms with Gasteiger partial charge < -0.3 is 4.74 Å². The highest BCUT2D eigenvalue weighted by Crippen LogP contribution is 2.31. The summed E-state index contributed by atoms with van der Waals surface area (Å²) in [6.07, 6.45) is 0. The molecule has 0 aliphatic carbocycles. The predicted octanol–water partition coefficient (Wildman–Crippen LogP) is 5.24. The number of halogens is 3. The number of hydrogen-bond acceptors (Lipinski definition) is 3. The summed E-state index contributed by atoms with van der Waals surface area (Å²) in [4.78, 5) is 10.5. The predicted molar refractivity (Wildman–Crippen MR) is 81.6 cm³/mol. The van der Waals surface area contributed by atoms with Crippen molar-refractivity contribution in [3.8, 4) is 5.75 Å². The van der Waals surface area contributed by atoms with Crippen LogP contribution in [-0.4, -0.2) is 4.92 Å². The Morgan fingerprint density at radius 2 is 1.95 bits per heavy atom. The van der Waals surface area contributed by atoms with Crippen molar-refractivity contribution < 1.29 is 9.66 Å². The highest BCUT2D eigenvalue weighted by Gasteiger charge is 2.17. The van der Waals surface area contributed by atoms with Gasteiger partial charge in [0.05, 0.1) is 20.5 Å². The highest BCUT2D eigenvalue weighted by atomic mass is 79.9. The summed E-state index contributed by atoms with van der Waals surface area (Å²) in [5.74, 6) is 0.426. The molecule has 2 aromatic carbocycles. The second-order valence-corrected chi connectivity index (χ2v) is 5.59. The molecule has 2 rings (SSSR count). The van der Waals surface area contributed by atoms with Gasteiger partial charge in [-0.05, 0) is 24.3 Å². The Bertz CT molecular complexity index is 664. The van der Waals surface area contributed by atoms with Crippen LogP contribution in [-0.2, 0) is 6.61 Å². The van der Waals surface area contributed by atoms with Crippen molar-refractivity contribution in [2.45, 2.75) is 6.61 Å². The lowest BCUT2D eigenvalue weighted by atomic mass is 10.2. The van der Waals surface area contributed by atoms with Gasteiger partial charge in [-0.25, -0.2) is 0 Å². The summed E-state index contributed by atoms with van der Waals surface area (Å²) in [6, 6.07) is 9.61. The van der Waals surface area contributed by atoms with Crippen LogP contribution in [0.2, 0.25) is 10.0 Å². The van der Waals surface area contributed by atoms with Crippen molar-refractivity contribution in [1.29, 1.82) is 0 Å². The largest absolute Gasteiger partial charge is 0.487 e. The van der Waals surface area contributed by atoms with E-state index in [1.54, 1.807) is 24.3 Å². The summed E-state index contributed by atoms with van der Waals surface area (Å²) in [5, 5.41) is 11.7. The van der Waals surface area contributed by atoms with Crippen molar-refractivity contribution in [3.63, 3.8) is 0 Å². The van der Waals surface area contributed by atoms with Gasteiger partial charge in [0.25, 0.3) is 5.69 Å². The molecule has 2 aromatic rings. The third kappa shape index (κ3) is 3.42. The second kappa shape index (κ2) is 6.43. The van der Waals surface area contributed by atoms with E-state index < -0.39 is 4.92 Å². The Morgan fingerprint density at radius 3 is 2.65 bits per heavy atom. The number of benzene rings is 2. The van der Waals surface area contributed by atoms with Gasteiger partial charge in [0.1, 0.15) is 12.4 Å². The summed E-state index contributed by atoms with van der Waals surface area (Å²) < 4.78 is 6.32. The third-order valence-corrected chi connectivity index (χ3v) is 3.72. The molecule has 0 heterocycles. The minimum atomic E-state index is -0.493. The van der Waals surface area contributed by atoms with Gasteiger partial charge in [-0.3, -0.25) is 10.1 Å². The average molecular weight is 377 g/mol. The van der Waals surface area contributed by atoms with E-state index >= 15 is 0 Å². The minimum absolute atomic E-state index is 0.0356. The molecule has 0 fully saturated rings. The van der Waals surface area contributed by atoms with E-state index in [1.165, 1.54) is 12.1 Å². The van der Waals surface area contributed by atoms with Gasteiger partial charge in [0, 0.05) is 10.5 Å². The van der Waals surface area contributed by atoms with Crippen molar-refractivity contribution in [1.82, 2.24) is 0 Å². The monoisotopic (exact) mass is 375 g/mol. The lowest BCUT2D eigenvalue weighted by Crippen LogP contribution is -2.01. The van der Waals surface area contributed by atoms with Gasteiger partial charge in [0.2, 0.25) is 0 Å². The zero-order chi connectivity index (χ0) is 14.7. The number of nitro groups is 1. The molecular weight excluding hydrogens is 369 g/mol. The topological polar surface area (TPSA) is 52.4 Å². The van der Waals surface area contributed by atoms with Crippen LogP contribution in [0.4, 0.5) is 5.69 Å². The maximum atomic E-state index is 11.0. The Morgan fingerprint density at radius 1 is 1.20 bits per heavy atom. The van der Waals surface area contributed by atoms with Crippen LogP contribution in [0.15, 0.2) is 40.9 Å². The van der Waals surface area contributed by atoms with Crippen LogP contribution in [0.1, 0.15) is 5.56 Å². The van der Waals surface area contributed by atoms with E-state index in [0.717, 1.165) is 4.47 Å². The molecule has 0 atom stereocenters. The maximum absolute atomic E-state index is 11.0. The summed E-state index contributed by atoms with van der Waals surface area (Å²) in [7, 11) is 0. The fraction of sp³-hybridized carbons (Fsp3) is 0.0769. The van der Waals surface area contributed by atoms with Crippen LogP contribution < -0.4 is 4.74 Å². The van der Waals surface area contributed by atoms with E-state index in [1.807, 2.05) is 0 Å². The molecule has 0 bridgehead atoms. The number of hydrogen-bond donors (Lipinski definition) is 0. The molecular formula is C13H8BrCl2NO3. The SMILES string of the molecule is O=[N+]([O-])c1cccc(Cl)c1COc1cc(Br)ccc1Cl. The van der Waals surface area contributed by atoms with Gasteiger partial charge in [0.15, 0.2) is 0 Å². The first kappa shape index (κ1) is 15.1. The lowest BCUT2D eigenvalue weighted by Gasteiger charge is -2.10. The first-order valence-electron chi connectivity index (χ1n) is 5.48. The number of nitro benzene ring substituents is 1. The molecule has 0 saturated heterocycles. The van der Waals surface area contributed by atoms with Gasteiger partial charge >= 0.3 is 0 Å². The quantitative estimate of drug-likeness (QED) is 0.541. The molecule has 0 N–H and O–H groups in total. The lowest BCUT2D eigenvalue weighted by molar-refractivity contribution is -0.385. The molecule has 0 amide bonds. The van der Waals surface area contributed by atoms with Crippen LogP contribution >= 0.6 is 39.1 Å². The first-order valence-corrected chi connectivity index (χ1v) is 7.03. The Hall–Kier alpha value is -1.30. The molecule has 0 saturated carbocycles. The molecule has 0 aromatic heterocycles. The average Bonchev–Trinajstić information content (AvgIpc) is 2.40. The number of ether oxygens (including phenoxy) is 1. The van der Waals surface area contributed by atoms with Crippen LogP contribution in [0.3, 0.4) is 0 Å². The van der Waals surface area contributed by atoms with Crippen molar-refractivity contribution in [2.75, 3.05) is 0 Å². The van der Waals surface area contributed by atoms with E-state index in [9.17, 15) is 10.1 Å². The Kier molecular flexibility index (Phi) is 4.86. The maximum Gasteiger partial charge on any atom is 0.277 e. The fourth-order valence-corrected chi connectivity index (χ4v) is 2.34. The fourth-order valence-electron chi connectivity index (χ4n) is 1.60. The molecule has 0 unspecified atom stereocenters. The zero-order valence-electron chi connectivity index (χ0n) is 9.98. The number of rotatable bonds is 4. The highest BCUT2D eigenvalue weighted by molar-refractivity contribution is 9.10. The van der Waals surface area contributed by atoms with Gasteiger partial charge in [-0.1, -0.05) is 45.2 Å². The second-order valence-electron chi connectivity index (χ2n) is 3.86. The molecule has 0 radical (unpaired) electrons. The molecule has 0 aliphatic heterocycles. The van der Waals surface area contributed by atoms with Crippen molar-refractivity contribution in [2.24, 2.45) is 0 Å². The van der Waals surface area contributed by atoms with E-state index in [-0.39, 0.29) is 17.3 Å². The third-order valence-electron chi connectivity index (χ3n) is 2.56. The molecule has 0 aliphatic rings. The molecule has 0 spiro atoms. The Balaban J connectivity index is 2.27. The first-order chi connectivity index (χ1) is 9.49. The van der Waals surface area contributed by atoms with Gasteiger partial charge in [-0.15, -0.1) is 0 Å². The zero-order valence-corrected chi connectivity index (χ0v) is 13.1. The molecule has 20 heavy (non-hydrogen) atoms. The van der Waals surface area contributed by atoms with E-state index in [4.69, 9.17) is 27.9 Å². The normalized spacial score (nSPS) is 10.3. The van der Waals surface area contributed by atoms with E-state index in [0.29, 0.717) is 16.3 Å².